The summed E-state index contributed by atoms with van der Waals surface area (Å²) in [7, 11) is 0. The van der Waals surface area contributed by atoms with Crippen LogP contribution in [0.4, 0.5) is 13.2 Å². The van der Waals surface area contributed by atoms with E-state index in [1.807, 2.05) is 12.1 Å². The van der Waals surface area contributed by atoms with Gasteiger partial charge in [-0.15, -0.1) is 13.2 Å². The van der Waals surface area contributed by atoms with E-state index in [0.29, 0.717) is 40.8 Å². The van der Waals surface area contributed by atoms with Crippen molar-refractivity contribution in [2.45, 2.75) is 31.2 Å². The molecule has 0 spiro atoms. The highest BCUT2D eigenvalue weighted by atomic mass is 19.4. The number of carbonyl (C=O) groups is 1. The molecular weight excluding hydrogens is 463 g/mol. The van der Waals surface area contributed by atoms with Gasteiger partial charge in [-0.2, -0.15) is 0 Å². The van der Waals surface area contributed by atoms with Crippen LogP contribution in [0.3, 0.4) is 0 Å². The molecule has 0 saturated carbocycles. The molecule has 0 radical (unpaired) electrons. The number of aliphatic hydroxyl groups excluding tert-OH is 2. The molecule has 10 heteroatoms. The maximum atomic E-state index is 12.6. The third-order valence-corrected chi connectivity index (χ3v) is 6.41. The first-order chi connectivity index (χ1) is 16.7. The predicted molar refractivity (Wildman–Crippen MR) is 120 cm³/mol. The van der Waals surface area contributed by atoms with Crippen molar-refractivity contribution in [2.24, 2.45) is 0 Å². The Hall–Kier alpha value is -3.50. The number of hydrogen-bond donors (Lipinski definition) is 2. The summed E-state index contributed by atoms with van der Waals surface area (Å²) in [5, 5.41) is 20.4. The molecule has 1 aliphatic carbocycles. The fourth-order valence-corrected chi connectivity index (χ4v) is 4.53. The van der Waals surface area contributed by atoms with Crippen LogP contribution in [0.2, 0.25) is 0 Å². The van der Waals surface area contributed by atoms with Gasteiger partial charge in [0.2, 0.25) is 5.91 Å². The fraction of sp³-hybridized carbons (Fsp3) is 0.320. The van der Waals surface area contributed by atoms with Gasteiger partial charge in [0.25, 0.3) is 0 Å². The van der Waals surface area contributed by atoms with Crippen molar-refractivity contribution in [3.05, 3.63) is 65.5 Å². The van der Waals surface area contributed by atoms with Gasteiger partial charge in [0, 0.05) is 48.1 Å². The number of benzene rings is 2. The number of aliphatic hydroxyl groups is 2. The van der Waals surface area contributed by atoms with E-state index in [2.05, 4.69) is 14.7 Å². The molecular formula is C25H22F3N3O4. The number of allylic oxidation sites excluding steroid dienone is 1. The number of halogens is 3. The lowest BCUT2D eigenvalue weighted by atomic mass is 9.82. The van der Waals surface area contributed by atoms with Crippen molar-refractivity contribution in [3.8, 4) is 16.9 Å². The molecule has 5 rings (SSSR count). The number of nitrogens with zero attached hydrogens (tertiary/aromatic N) is 3. The third kappa shape index (κ3) is 4.46. The molecule has 1 fully saturated rings. The van der Waals surface area contributed by atoms with Gasteiger partial charge in [-0.3, -0.25) is 14.8 Å². The molecule has 1 atom stereocenters. The average Bonchev–Trinajstić information content (AvgIpc) is 2.75. The van der Waals surface area contributed by atoms with Gasteiger partial charge in [0.1, 0.15) is 11.9 Å². The van der Waals surface area contributed by atoms with Crippen LogP contribution in [0, 0.1) is 0 Å². The number of aromatic nitrogens is 2. The zero-order chi connectivity index (χ0) is 24.7. The summed E-state index contributed by atoms with van der Waals surface area (Å²) < 4.78 is 41.7. The lowest BCUT2D eigenvalue weighted by molar-refractivity contribution is -0.274. The Morgan fingerprint density at radius 1 is 1.14 bits per heavy atom. The van der Waals surface area contributed by atoms with Crippen LogP contribution in [0.1, 0.15) is 36.0 Å². The minimum Gasteiger partial charge on any atom is -0.406 e. The average molecular weight is 485 g/mol. The van der Waals surface area contributed by atoms with Crippen molar-refractivity contribution >= 4 is 16.9 Å². The molecule has 1 unspecified atom stereocenters. The predicted octanol–water partition coefficient (Wildman–Crippen LogP) is 3.87. The maximum Gasteiger partial charge on any atom is 0.573 e. The van der Waals surface area contributed by atoms with Gasteiger partial charge < -0.3 is 19.8 Å². The number of rotatable bonds is 6. The number of fused-ring (bicyclic) bond motifs is 1. The van der Waals surface area contributed by atoms with E-state index in [-0.39, 0.29) is 17.6 Å². The van der Waals surface area contributed by atoms with Crippen LogP contribution in [-0.2, 0) is 4.79 Å². The highest BCUT2D eigenvalue weighted by molar-refractivity contribution is 5.96. The topological polar surface area (TPSA) is 95.8 Å². The zero-order valence-electron chi connectivity index (χ0n) is 18.5. The van der Waals surface area contributed by atoms with E-state index in [4.69, 9.17) is 0 Å². The summed E-state index contributed by atoms with van der Waals surface area (Å²) in [6.07, 6.45) is 0.564. The summed E-state index contributed by atoms with van der Waals surface area (Å²) in [6.45, 7) is 0.375. The second-order valence-electron chi connectivity index (χ2n) is 8.63. The maximum absolute atomic E-state index is 12.6. The standard InChI is InChI=1S/C25H22F3N3O4/c26-25(27,28)35-17-6-4-14(5-7-17)19-10-18(16-11-31(12-16)24(34)15-2-1-3-15)21(20(33)13-32)23-22(19)29-8-9-30-23/h2,4-10,16,20,32-33H,1,3,11-13H2. The molecule has 7 nitrogen and oxygen atoms in total. The SMILES string of the molecule is O=C(C1=CCC1)N1CC(c2cc(-c3ccc(OC(F)(F)F)cc3)c3nccnc3c2C(O)CO)C1. The van der Waals surface area contributed by atoms with E-state index in [1.54, 1.807) is 4.90 Å². The van der Waals surface area contributed by atoms with E-state index < -0.39 is 19.1 Å². The molecule has 2 aromatic carbocycles. The molecule has 2 aliphatic rings. The fourth-order valence-electron chi connectivity index (χ4n) is 4.53. The van der Waals surface area contributed by atoms with Crippen molar-refractivity contribution in [2.75, 3.05) is 19.7 Å². The smallest absolute Gasteiger partial charge is 0.406 e. The first-order valence-corrected chi connectivity index (χ1v) is 11.2. The number of alkyl halides is 3. The van der Waals surface area contributed by atoms with Crippen molar-refractivity contribution in [1.29, 1.82) is 0 Å². The highest BCUT2D eigenvalue weighted by Crippen LogP contribution is 2.41. The minimum atomic E-state index is -4.79. The van der Waals surface area contributed by atoms with Gasteiger partial charge in [0.05, 0.1) is 17.6 Å². The molecule has 35 heavy (non-hydrogen) atoms. The second-order valence-corrected chi connectivity index (χ2v) is 8.63. The van der Waals surface area contributed by atoms with Gasteiger partial charge in [-0.1, -0.05) is 18.2 Å². The van der Waals surface area contributed by atoms with Crippen LogP contribution in [-0.4, -0.2) is 57.0 Å². The molecule has 2 N–H and O–H groups in total. The number of amides is 1. The summed E-state index contributed by atoms with van der Waals surface area (Å²) in [5.41, 5.74) is 4.00. The molecule has 1 aromatic heterocycles. The zero-order valence-corrected chi connectivity index (χ0v) is 18.5. The Kier molecular flexibility index (Phi) is 5.94. The van der Waals surface area contributed by atoms with Crippen molar-refractivity contribution < 1.29 is 32.9 Å². The van der Waals surface area contributed by atoms with E-state index in [9.17, 15) is 28.2 Å². The Morgan fingerprint density at radius 2 is 1.80 bits per heavy atom. The van der Waals surface area contributed by atoms with Gasteiger partial charge >= 0.3 is 6.36 Å². The summed E-state index contributed by atoms with van der Waals surface area (Å²) in [4.78, 5) is 23.1. The van der Waals surface area contributed by atoms with Crippen molar-refractivity contribution in [3.63, 3.8) is 0 Å². The second kappa shape index (κ2) is 8.94. The normalized spacial score (nSPS) is 16.9. The molecule has 1 saturated heterocycles. The Labute approximate surface area is 198 Å². The molecule has 182 valence electrons. The van der Waals surface area contributed by atoms with Crippen LogP contribution >= 0.6 is 0 Å². The first kappa shape index (κ1) is 23.3. The van der Waals surface area contributed by atoms with E-state index >= 15 is 0 Å². The molecule has 2 heterocycles. The lowest BCUT2D eigenvalue weighted by Crippen LogP contribution is -2.49. The number of ether oxygens (including phenoxy) is 1. The molecule has 1 aliphatic heterocycles. The summed E-state index contributed by atoms with van der Waals surface area (Å²) in [5.74, 6) is -0.436. The highest BCUT2D eigenvalue weighted by Gasteiger charge is 2.37. The quantitative estimate of drug-likeness (QED) is 0.551. The first-order valence-electron chi connectivity index (χ1n) is 11.2. The largest absolute Gasteiger partial charge is 0.573 e. The summed E-state index contributed by atoms with van der Waals surface area (Å²) in [6, 6.07) is 7.25. The number of likely N-dealkylation sites (tertiary alicyclic amines) is 1. The molecule has 3 aromatic rings. The van der Waals surface area contributed by atoms with E-state index in [0.717, 1.165) is 24.0 Å². The lowest BCUT2D eigenvalue weighted by Gasteiger charge is -2.42. The van der Waals surface area contributed by atoms with Crippen LogP contribution in [0.25, 0.3) is 22.2 Å². The molecule has 1 amide bonds. The van der Waals surface area contributed by atoms with Crippen LogP contribution < -0.4 is 4.74 Å². The number of carbonyl (C=O) groups excluding carboxylic acids is 1. The van der Waals surface area contributed by atoms with Gasteiger partial charge in [-0.05, 0) is 42.2 Å². The monoisotopic (exact) mass is 485 g/mol. The Balaban J connectivity index is 1.56. The number of hydrogen-bond acceptors (Lipinski definition) is 6. The minimum absolute atomic E-state index is 0.0119. The van der Waals surface area contributed by atoms with Gasteiger partial charge in [-0.25, -0.2) is 0 Å². The van der Waals surface area contributed by atoms with E-state index in [1.165, 1.54) is 36.7 Å². The Morgan fingerprint density at radius 3 is 2.37 bits per heavy atom. The third-order valence-electron chi connectivity index (χ3n) is 6.41. The molecule has 0 bridgehead atoms. The van der Waals surface area contributed by atoms with Crippen molar-refractivity contribution in [1.82, 2.24) is 14.9 Å². The van der Waals surface area contributed by atoms with Gasteiger partial charge in [0.15, 0.2) is 0 Å². The van der Waals surface area contributed by atoms with Crippen LogP contribution in [0.15, 0.2) is 54.4 Å². The summed E-state index contributed by atoms with van der Waals surface area (Å²) >= 11 is 0. The Bertz CT molecular complexity index is 1300. The van der Waals surface area contributed by atoms with Crippen LogP contribution in [0.5, 0.6) is 5.75 Å².